The molecule has 2 aliphatic rings. The quantitative estimate of drug-likeness (QED) is 0.626. The highest BCUT2D eigenvalue weighted by Crippen LogP contribution is 2.25. The van der Waals surface area contributed by atoms with Crippen LogP contribution in [0.1, 0.15) is 12.0 Å². The number of aryl methyl sites for hydroxylation is 1. The van der Waals surface area contributed by atoms with E-state index in [1.165, 1.54) is 11.0 Å². The number of carbonyl (C=O) groups is 1. The number of rotatable bonds is 5. The molecule has 0 atom stereocenters. The summed E-state index contributed by atoms with van der Waals surface area (Å²) in [6, 6.07) is 4.85. The smallest absolute Gasteiger partial charge is 0.240 e. The fraction of sp³-hybridized carbons (Fsp3) is 0.533. The highest BCUT2D eigenvalue weighted by molar-refractivity contribution is 7.89. The van der Waals surface area contributed by atoms with Gasteiger partial charge in [0.25, 0.3) is 0 Å². The molecule has 1 aromatic carbocycles. The summed E-state index contributed by atoms with van der Waals surface area (Å²) >= 11 is 0. The van der Waals surface area contributed by atoms with Gasteiger partial charge in [0.1, 0.15) is 13.1 Å². The number of morpholine rings is 1. The molecule has 2 aliphatic heterocycles. The summed E-state index contributed by atoms with van der Waals surface area (Å²) in [5.41, 5.74) is 1.57. The van der Waals surface area contributed by atoms with Gasteiger partial charge >= 0.3 is 0 Å². The third-order valence-corrected chi connectivity index (χ3v) is 5.71. The van der Waals surface area contributed by atoms with Gasteiger partial charge in [-0.3, -0.25) is 4.79 Å². The first kappa shape index (κ1) is 16.4. The average molecular weight is 340 g/mol. The molecular formula is C15H22N3O4S+. The first-order valence-corrected chi connectivity index (χ1v) is 9.37. The molecule has 126 valence electrons. The Hall–Kier alpha value is -1.48. The van der Waals surface area contributed by atoms with Crippen LogP contribution in [0.25, 0.3) is 0 Å². The van der Waals surface area contributed by atoms with Gasteiger partial charge in [-0.15, -0.1) is 0 Å². The SMILES string of the molecule is O=C1CCc2cc(S(=O)(=O)NCC[NH+]3CCOCC3)ccc2N1. The second kappa shape index (κ2) is 6.96. The Morgan fingerprint density at radius 1 is 1.22 bits per heavy atom. The van der Waals surface area contributed by atoms with Gasteiger partial charge in [0.05, 0.1) is 31.2 Å². The lowest BCUT2D eigenvalue weighted by molar-refractivity contribution is -0.906. The Balaban J connectivity index is 1.61. The van der Waals surface area contributed by atoms with Crippen LogP contribution in [0.15, 0.2) is 23.1 Å². The molecule has 1 fully saturated rings. The van der Waals surface area contributed by atoms with Crippen molar-refractivity contribution in [1.82, 2.24) is 4.72 Å². The molecule has 1 saturated heterocycles. The second-order valence-corrected chi connectivity index (χ2v) is 7.64. The van der Waals surface area contributed by atoms with E-state index in [1.807, 2.05) is 0 Å². The highest BCUT2D eigenvalue weighted by Gasteiger charge is 2.20. The lowest BCUT2D eigenvalue weighted by Gasteiger charge is -2.23. The minimum Gasteiger partial charge on any atom is -0.370 e. The van der Waals surface area contributed by atoms with Gasteiger partial charge in [-0.05, 0) is 30.2 Å². The maximum atomic E-state index is 12.4. The van der Waals surface area contributed by atoms with Gasteiger partial charge in [0.2, 0.25) is 15.9 Å². The van der Waals surface area contributed by atoms with Crippen molar-refractivity contribution >= 4 is 21.6 Å². The molecule has 8 heteroatoms. The van der Waals surface area contributed by atoms with Gasteiger partial charge in [0.15, 0.2) is 0 Å². The number of fused-ring (bicyclic) bond motifs is 1. The van der Waals surface area contributed by atoms with Crippen molar-refractivity contribution in [2.24, 2.45) is 0 Å². The summed E-state index contributed by atoms with van der Waals surface area (Å²) in [4.78, 5) is 13.0. The highest BCUT2D eigenvalue weighted by atomic mass is 32.2. The lowest BCUT2D eigenvalue weighted by atomic mass is 10.0. The predicted octanol–water partition coefficient (Wildman–Crippen LogP) is -1.24. The van der Waals surface area contributed by atoms with E-state index in [9.17, 15) is 13.2 Å². The zero-order chi connectivity index (χ0) is 16.3. The van der Waals surface area contributed by atoms with E-state index in [0.29, 0.717) is 25.1 Å². The third-order valence-electron chi connectivity index (χ3n) is 4.25. The summed E-state index contributed by atoms with van der Waals surface area (Å²) in [7, 11) is -3.52. The van der Waals surface area contributed by atoms with Crippen LogP contribution in [0, 0.1) is 0 Å². The number of benzene rings is 1. The zero-order valence-corrected chi connectivity index (χ0v) is 13.7. The summed E-state index contributed by atoms with van der Waals surface area (Å²) < 4.78 is 32.7. The standard InChI is InChI=1S/C15H21N3O4S/c19-15-4-1-12-11-13(2-3-14(12)17-15)23(20,21)16-5-6-18-7-9-22-10-8-18/h2-3,11,16H,1,4-10H2,(H,17,19)/p+1. The summed E-state index contributed by atoms with van der Waals surface area (Å²) in [5.74, 6) is -0.0280. The summed E-state index contributed by atoms with van der Waals surface area (Å²) in [5, 5.41) is 2.76. The molecule has 3 N–H and O–H groups in total. The van der Waals surface area contributed by atoms with Crippen LogP contribution in [0.4, 0.5) is 5.69 Å². The van der Waals surface area contributed by atoms with Crippen LogP contribution < -0.4 is 14.9 Å². The number of carbonyl (C=O) groups excluding carboxylic acids is 1. The van der Waals surface area contributed by atoms with Crippen molar-refractivity contribution in [3.63, 3.8) is 0 Å². The Labute approximate surface area is 136 Å². The number of amides is 1. The molecule has 0 saturated carbocycles. The zero-order valence-electron chi connectivity index (χ0n) is 12.9. The van der Waals surface area contributed by atoms with E-state index >= 15 is 0 Å². The van der Waals surface area contributed by atoms with Crippen molar-refractivity contribution in [2.75, 3.05) is 44.7 Å². The van der Waals surface area contributed by atoms with E-state index in [-0.39, 0.29) is 10.8 Å². The molecule has 1 amide bonds. The van der Waals surface area contributed by atoms with Crippen LogP contribution in [0.2, 0.25) is 0 Å². The van der Waals surface area contributed by atoms with Crippen molar-refractivity contribution in [2.45, 2.75) is 17.7 Å². The molecular weight excluding hydrogens is 318 g/mol. The fourth-order valence-electron chi connectivity index (χ4n) is 2.88. The monoisotopic (exact) mass is 340 g/mol. The number of hydrogen-bond donors (Lipinski definition) is 3. The Bertz CT molecular complexity index is 684. The molecule has 0 unspecified atom stereocenters. The molecule has 7 nitrogen and oxygen atoms in total. The second-order valence-electron chi connectivity index (χ2n) is 5.88. The molecule has 2 heterocycles. The number of nitrogens with one attached hydrogen (secondary N) is 3. The van der Waals surface area contributed by atoms with Gasteiger partial charge in [-0.2, -0.15) is 0 Å². The van der Waals surface area contributed by atoms with Gasteiger partial charge in [0, 0.05) is 12.1 Å². The normalized spacial score (nSPS) is 19.2. The van der Waals surface area contributed by atoms with Crippen molar-refractivity contribution < 1.29 is 22.8 Å². The predicted molar refractivity (Wildman–Crippen MR) is 85.0 cm³/mol. The number of ether oxygens (including phenoxy) is 1. The summed E-state index contributed by atoms with van der Waals surface area (Å²) in [6.45, 7) is 4.47. The van der Waals surface area contributed by atoms with E-state index < -0.39 is 10.0 Å². The van der Waals surface area contributed by atoms with Crippen LogP contribution >= 0.6 is 0 Å². The Morgan fingerprint density at radius 2 is 2.00 bits per heavy atom. The molecule has 0 radical (unpaired) electrons. The topological polar surface area (TPSA) is 88.9 Å². The van der Waals surface area contributed by atoms with E-state index in [2.05, 4.69) is 10.0 Å². The Morgan fingerprint density at radius 3 is 2.78 bits per heavy atom. The van der Waals surface area contributed by atoms with Crippen LogP contribution in [-0.2, 0) is 26.0 Å². The Kier molecular flexibility index (Phi) is 4.96. The maximum absolute atomic E-state index is 12.4. The molecule has 3 rings (SSSR count). The van der Waals surface area contributed by atoms with E-state index in [1.54, 1.807) is 12.1 Å². The number of sulfonamides is 1. The minimum atomic E-state index is -3.52. The number of quaternary nitrogens is 1. The van der Waals surface area contributed by atoms with E-state index in [4.69, 9.17) is 4.74 Å². The number of anilines is 1. The first-order valence-electron chi connectivity index (χ1n) is 7.88. The van der Waals surface area contributed by atoms with E-state index in [0.717, 1.165) is 38.4 Å². The largest absolute Gasteiger partial charge is 0.370 e. The molecule has 0 bridgehead atoms. The fourth-order valence-corrected chi connectivity index (χ4v) is 3.96. The van der Waals surface area contributed by atoms with Crippen molar-refractivity contribution in [3.8, 4) is 0 Å². The lowest BCUT2D eigenvalue weighted by Crippen LogP contribution is -3.14. The number of hydrogen-bond acceptors (Lipinski definition) is 4. The molecule has 23 heavy (non-hydrogen) atoms. The van der Waals surface area contributed by atoms with Crippen LogP contribution in [-0.4, -0.2) is 53.7 Å². The van der Waals surface area contributed by atoms with Crippen molar-refractivity contribution in [1.29, 1.82) is 0 Å². The van der Waals surface area contributed by atoms with Gasteiger partial charge in [-0.25, -0.2) is 13.1 Å². The summed E-state index contributed by atoms with van der Waals surface area (Å²) in [6.07, 6.45) is 0.965. The average Bonchev–Trinajstić information content (AvgIpc) is 2.55. The molecule has 0 aromatic heterocycles. The third kappa shape index (κ3) is 4.08. The first-order chi connectivity index (χ1) is 11.0. The maximum Gasteiger partial charge on any atom is 0.240 e. The van der Waals surface area contributed by atoms with Crippen LogP contribution in [0.5, 0.6) is 0 Å². The van der Waals surface area contributed by atoms with Gasteiger partial charge in [-0.1, -0.05) is 0 Å². The molecule has 0 spiro atoms. The minimum absolute atomic E-state index is 0.0280. The van der Waals surface area contributed by atoms with Crippen molar-refractivity contribution in [3.05, 3.63) is 23.8 Å². The molecule has 0 aliphatic carbocycles. The van der Waals surface area contributed by atoms with Crippen LogP contribution in [0.3, 0.4) is 0 Å². The molecule has 1 aromatic rings. The van der Waals surface area contributed by atoms with Gasteiger partial charge < -0.3 is 15.0 Å².